The van der Waals surface area contributed by atoms with Crippen molar-refractivity contribution in [3.8, 4) is 51.4 Å². The number of halogens is 4. The number of rotatable bonds is 29. The lowest BCUT2D eigenvalue weighted by Gasteiger charge is -2.40. The molecule has 0 aromatic heterocycles. The van der Waals surface area contributed by atoms with Crippen molar-refractivity contribution >= 4 is 17.9 Å². The Balaban J connectivity index is 0.000000228. The SMILES string of the molecule is CC1c2cc(OC(=O)c3ccc(OCCCCOCC4CO4)cc3)ccc2-c2ccc(OC(=O)c3ccc(OCCCCOCC4CO4)cc3)cc21.CCC1(COc2ccc(CCC(=O)Oc3ccc(OC(F)(F)F)c(F)c3)cc2)COC1. The zero-order valence-corrected chi connectivity index (χ0v) is 46.2. The second-order valence-corrected chi connectivity index (χ2v) is 20.6. The van der Waals surface area contributed by atoms with Crippen LogP contribution < -0.4 is 33.2 Å². The minimum absolute atomic E-state index is 0.00715. The van der Waals surface area contributed by atoms with Crippen LogP contribution in [-0.2, 0) is 34.9 Å². The molecule has 0 N–H and O–H groups in total. The monoisotopic (exact) mass is 1150 g/mol. The van der Waals surface area contributed by atoms with Crippen LogP contribution in [0.2, 0.25) is 0 Å². The number of alkyl halides is 3. The average Bonchev–Trinajstić information content (AvgIpc) is 3.84. The van der Waals surface area contributed by atoms with Crippen molar-refractivity contribution in [1.82, 2.24) is 0 Å². The summed E-state index contributed by atoms with van der Waals surface area (Å²) >= 11 is 0. The number of aryl methyl sites for hydroxylation is 1. The Hall–Kier alpha value is -7.55. The van der Waals surface area contributed by atoms with Crippen LogP contribution in [0, 0.1) is 11.2 Å². The molecule has 1 aliphatic carbocycles. The Morgan fingerprint density at radius 1 is 0.578 bits per heavy atom. The number of benzene rings is 6. The fourth-order valence-electron chi connectivity index (χ4n) is 8.99. The smallest absolute Gasteiger partial charge is 0.494 e. The minimum Gasteiger partial charge on any atom is -0.494 e. The van der Waals surface area contributed by atoms with Crippen molar-refractivity contribution in [2.45, 2.75) is 83.3 Å². The van der Waals surface area contributed by atoms with E-state index in [4.69, 9.17) is 52.1 Å². The van der Waals surface area contributed by atoms with E-state index in [1.807, 2.05) is 48.5 Å². The van der Waals surface area contributed by atoms with E-state index >= 15 is 0 Å². The minimum atomic E-state index is -5.01. The highest BCUT2D eigenvalue weighted by molar-refractivity contribution is 5.92. The summed E-state index contributed by atoms with van der Waals surface area (Å²) in [4.78, 5) is 37.9. The van der Waals surface area contributed by atoms with Gasteiger partial charge >= 0.3 is 24.3 Å². The van der Waals surface area contributed by atoms with Crippen molar-refractivity contribution in [2.75, 3.05) is 72.7 Å². The molecule has 6 aromatic rings. The Kier molecular flexibility index (Phi) is 20.7. The molecule has 0 bridgehead atoms. The fraction of sp³-hybridized carbons (Fsp3) is 0.391. The van der Waals surface area contributed by atoms with E-state index in [0.29, 0.717) is 106 Å². The summed E-state index contributed by atoms with van der Waals surface area (Å²) in [6, 6.07) is 35.1. The van der Waals surface area contributed by atoms with E-state index in [9.17, 15) is 31.9 Å². The van der Waals surface area contributed by atoms with Crippen molar-refractivity contribution in [3.63, 3.8) is 0 Å². The van der Waals surface area contributed by atoms with Gasteiger partial charge in [0.1, 0.15) is 46.7 Å². The number of hydrogen-bond acceptors (Lipinski definition) is 15. The van der Waals surface area contributed by atoms with Gasteiger partial charge in [-0.05, 0) is 163 Å². The van der Waals surface area contributed by atoms with Crippen molar-refractivity contribution in [1.29, 1.82) is 0 Å². The van der Waals surface area contributed by atoms with Gasteiger partial charge in [-0.15, -0.1) is 13.2 Å². The van der Waals surface area contributed by atoms with Crippen LogP contribution in [0.15, 0.2) is 127 Å². The zero-order chi connectivity index (χ0) is 58.2. The molecule has 0 amide bonds. The van der Waals surface area contributed by atoms with Crippen LogP contribution in [0.4, 0.5) is 17.6 Å². The predicted molar refractivity (Wildman–Crippen MR) is 295 cm³/mol. The van der Waals surface area contributed by atoms with E-state index in [0.717, 1.165) is 91.0 Å². The van der Waals surface area contributed by atoms with E-state index in [2.05, 4.69) is 18.6 Å². The maximum Gasteiger partial charge on any atom is 0.573 e. The van der Waals surface area contributed by atoms with Gasteiger partial charge in [-0.25, -0.2) is 14.0 Å². The third-order valence-electron chi connectivity index (χ3n) is 14.2. The summed E-state index contributed by atoms with van der Waals surface area (Å²) in [6.45, 7) is 11.7. The van der Waals surface area contributed by atoms with Crippen LogP contribution >= 0.6 is 0 Å². The van der Waals surface area contributed by atoms with Gasteiger partial charge in [0.25, 0.3) is 0 Å². The number of carbonyl (C=O) groups excluding carboxylic acids is 3. The number of esters is 3. The molecule has 6 aromatic carbocycles. The topological polar surface area (TPSA) is 169 Å². The van der Waals surface area contributed by atoms with Gasteiger partial charge in [-0.3, -0.25) is 4.79 Å². The third-order valence-corrected chi connectivity index (χ3v) is 14.2. The molecule has 15 nitrogen and oxygen atoms in total. The highest BCUT2D eigenvalue weighted by atomic mass is 19.4. The van der Waals surface area contributed by atoms with Crippen molar-refractivity contribution in [2.24, 2.45) is 5.41 Å². The Bertz CT molecular complexity index is 2960. The summed E-state index contributed by atoms with van der Waals surface area (Å²) in [5.74, 6) is -0.949. The van der Waals surface area contributed by atoms with E-state index < -0.39 is 35.8 Å². The van der Waals surface area contributed by atoms with Gasteiger partial charge in [0, 0.05) is 31.6 Å². The Morgan fingerprint density at radius 2 is 1.04 bits per heavy atom. The number of unbranched alkanes of at least 4 members (excludes halogenated alkanes) is 2. The molecular weight excluding hydrogens is 1080 g/mol. The largest absolute Gasteiger partial charge is 0.573 e. The molecule has 3 heterocycles. The normalized spacial score (nSPS) is 16.9. The molecule has 2 unspecified atom stereocenters. The lowest BCUT2D eigenvalue weighted by molar-refractivity contribution is -0.275. The molecule has 83 heavy (non-hydrogen) atoms. The van der Waals surface area contributed by atoms with Crippen LogP contribution in [0.1, 0.15) is 95.7 Å². The zero-order valence-electron chi connectivity index (χ0n) is 46.2. The number of ether oxygens (including phenoxy) is 12. The van der Waals surface area contributed by atoms with E-state index in [1.165, 1.54) is 0 Å². The lowest BCUT2D eigenvalue weighted by atomic mass is 9.84. The Labute approximate surface area is 478 Å². The molecule has 4 aliphatic rings. The first kappa shape index (κ1) is 60.1. The summed E-state index contributed by atoms with van der Waals surface area (Å²) in [5.41, 5.74) is 6.02. The molecule has 3 fully saturated rings. The van der Waals surface area contributed by atoms with Crippen LogP contribution in [0.25, 0.3) is 11.1 Å². The second-order valence-electron chi connectivity index (χ2n) is 20.6. The molecule has 0 radical (unpaired) electrons. The maximum atomic E-state index is 13.7. The molecule has 0 spiro atoms. The number of fused-ring (bicyclic) bond motifs is 3. The molecule has 0 saturated carbocycles. The van der Waals surface area contributed by atoms with Crippen molar-refractivity contribution < 1.29 is 88.8 Å². The molecular formula is C64H66F4O15. The number of hydrogen-bond donors (Lipinski definition) is 0. The van der Waals surface area contributed by atoms with Gasteiger partial charge in [0.15, 0.2) is 11.6 Å². The molecule has 440 valence electrons. The average molecular weight is 1150 g/mol. The summed E-state index contributed by atoms with van der Waals surface area (Å²) in [5, 5.41) is 0. The Morgan fingerprint density at radius 3 is 1.49 bits per heavy atom. The molecule has 2 atom stereocenters. The highest BCUT2D eigenvalue weighted by Crippen LogP contribution is 2.47. The van der Waals surface area contributed by atoms with Crippen LogP contribution in [-0.4, -0.2) is 109 Å². The van der Waals surface area contributed by atoms with Gasteiger partial charge in [-0.1, -0.05) is 38.1 Å². The molecule has 3 aliphatic heterocycles. The first-order valence-electron chi connectivity index (χ1n) is 27.8. The number of carbonyl (C=O) groups is 3. The van der Waals surface area contributed by atoms with Gasteiger partial charge in [0.05, 0.1) is 76.0 Å². The van der Waals surface area contributed by atoms with E-state index in [1.54, 1.807) is 60.7 Å². The number of epoxide rings is 2. The van der Waals surface area contributed by atoms with Gasteiger partial charge in [-0.2, -0.15) is 0 Å². The van der Waals surface area contributed by atoms with Crippen LogP contribution in [0.3, 0.4) is 0 Å². The first-order chi connectivity index (χ1) is 40.2. The molecule has 3 saturated heterocycles. The quantitative estimate of drug-likeness (QED) is 0.0143. The van der Waals surface area contributed by atoms with Crippen molar-refractivity contribution in [3.05, 3.63) is 161 Å². The standard InChI is InChI=1S/C42H44O10.C22H22F4O5/c1-28-39-22-33(51-41(43)29-6-10-31(11-7-29)47-20-4-2-18-45-24-35-26-49-35)14-16-37(39)38-17-15-34(23-40(28)38)52-42(44)30-8-12-32(13-9-30)48-21-5-3-19-46-25-36-27-50-36;1-2-21(12-28-13-21)14-29-16-6-3-15(4-7-16)5-10-20(27)30-17-8-9-19(18(23)11-17)31-22(24,25)26/h6-17,22-23,28,35-36H,2-5,18-21,24-27H2,1H3;3-4,6-9,11H,2,5,10,12-14H2,1H3. The highest BCUT2D eigenvalue weighted by Gasteiger charge is 2.38. The summed E-state index contributed by atoms with van der Waals surface area (Å²) in [6.07, 6.45) is 0.520. The molecule has 19 heteroatoms. The van der Waals surface area contributed by atoms with Gasteiger partial charge < -0.3 is 56.8 Å². The lowest BCUT2D eigenvalue weighted by Crippen LogP contribution is -2.46. The van der Waals surface area contributed by atoms with Crippen LogP contribution in [0.5, 0.6) is 40.2 Å². The third kappa shape index (κ3) is 18.2. The fourth-order valence-corrected chi connectivity index (χ4v) is 8.99. The first-order valence-corrected chi connectivity index (χ1v) is 27.8. The molecule has 10 rings (SSSR count). The maximum absolute atomic E-state index is 13.7. The summed E-state index contributed by atoms with van der Waals surface area (Å²) < 4.78 is 114. The van der Waals surface area contributed by atoms with E-state index in [-0.39, 0.29) is 35.7 Å². The second kappa shape index (κ2) is 28.6. The predicted octanol–water partition coefficient (Wildman–Crippen LogP) is 12.5. The van der Waals surface area contributed by atoms with Gasteiger partial charge in [0.2, 0.25) is 0 Å². The summed E-state index contributed by atoms with van der Waals surface area (Å²) in [7, 11) is 0.